The summed E-state index contributed by atoms with van der Waals surface area (Å²) in [6, 6.07) is 0. The molecule has 2 nitrogen and oxygen atoms in total. The van der Waals surface area contributed by atoms with Gasteiger partial charge in [-0.05, 0) is 13.3 Å². The van der Waals surface area contributed by atoms with Gasteiger partial charge in [0, 0.05) is 19.3 Å². The highest BCUT2D eigenvalue weighted by Gasteiger charge is 2.20. The summed E-state index contributed by atoms with van der Waals surface area (Å²) in [5, 5.41) is -0.730. The third-order valence-corrected chi connectivity index (χ3v) is 2.51. The van der Waals surface area contributed by atoms with Gasteiger partial charge in [-0.15, -0.1) is 11.6 Å². The van der Waals surface area contributed by atoms with Gasteiger partial charge in [-0.1, -0.05) is 0 Å². The van der Waals surface area contributed by atoms with Crippen LogP contribution < -0.4 is 0 Å². The molecule has 1 atom stereocenters. The Kier molecular flexibility index (Phi) is 4.42. The number of aromatic nitrogens is 1. The molecule has 0 N–H and O–H groups in total. The average Bonchev–Trinajstić information content (AvgIpc) is 2.21. The number of rotatable bonds is 4. The van der Waals surface area contributed by atoms with Gasteiger partial charge >= 0.3 is 0 Å². The summed E-state index contributed by atoms with van der Waals surface area (Å²) in [5.74, 6) is -1.39. The molecule has 0 radical (unpaired) electrons. The maximum Gasteiger partial charge on any atom is 0.152 e. The summed E-state index contributed by atoms with van der Waals surface area (Å²) in [6.45, 7) is 1.83. The van der Waals surface area contributed by atoms with E-state index in [2.05, 4.69) is 4.98 Å². The lowest BCUT2D eigenvalue weighted by molar-refractivity contribution is 0.193. The first-order valence-electron chi connectivity index (χ1n) is 4.51. The molecule has 0 aliphatic heterocycles. The highest BCUT2D eigenvalue weighted by molar-refractivity contribution is 6.20. The monoisotopic (exact) mass is 235 g/mol. The van der Waals surface area contributed by atoms with Gasteiger partial charge in [0.15, 0.2) is 5.82 Å². The highest BCUT2D eigenvalue weighted by Crippen LogP contribution is 2.29. The predicted octanol–water partition coefficient (Wildman–Crippen LogP) is 2.98. The van der Waals surface area contributed by atoms with E-state index in [9.17, 15) is 8.78 Å². The Balaban J connectivity index is 2.96. The summed E-state index contributed by atoms with van der Waals surface area (Å²) >= 11 is 5.88. The number of ether oxygens (including phenoxy) is 1. The van der Waals surface area contributed by atoms with Crippen LogP contribution in [0.2, 0.25) is 0 Å². The molecule has 0 spiro atoms. The average molecular weight is 236 g/mol. The number of hydrogen-bond donors (Lipinski definition) is 0. The zero-order valence-electron chi connectivity index (χ0n) is 8.56. The fraction of sp³-hybridized carbons (Fsp3) is 0.500. The molecule has 0 saturated carbocycles. The van der Waals surface area contributed by atoms with Crippen LogP contribution in [-0.2, 0) is 4.74 Å². The number of pyridine rings is 1. The van der Waals surface area contributed by atoms with Crippen molar-refractivity contribution in [3.63, 3.8) is 0 Å². The fourth-order valence-corrected chi connectivity index (χ4v) is 1.52. The van der Waals surface area contributed by atoms with Crippen molar-refractivity contribution in [3.05, 3.63) is 29.1 Å². The summed E-state index contributed by atoms with van der Waals surface area (Å²) in [4.78, 5) is 3.56. The van der Waals surface area contributed by atoms with Crippen molar-refractivity contribution in [2.24, 2.45) is 0 Å². The van der Waals surface area contributed by atoms with E-state index < -0.39 is 17.0 Å². The zero-order valence-corrected chi connectivity index (χ0v) is 9.31. The molecule has 0 amide bonds. The molecular formula is C10H12ClF2NO. The van der Waals surface area contributed by atoms with Crippen LogP contribution in [0.5, 0.6) is 0 Å². The normalized spacial score (nSPS) is 12.9. The lowest BCUT2D eigenvalue weighted by Gasteiger charge is -2.12. The molecule has 0 bridgehead atoms. The fourth-order valence-electron chi connectivity index (χ4n) is 1.23. The number of nitrogens with zero attached hydrogens (tertiary/aromatic N) is 1. The molecular weight excluding hydrogens is 224 g/mol. The second kappa shape index (κ2) is 5.37. The van der Waals surface area contributed by atoms with Gasteiger partial charge < -0.3 is 4.74 Å². The van der Waals surface area contributed by atoms with Gasteiger partial charge in [0.25, 0.3) is 0 Å². The molecule has 1 rings (SSSR count). The maximum absolute atomic E-state index is 13.5. The second-order valence-corrected chi connectivity index (χ2v) is 3.70. The molecule has 1 aromatic heterocycles. The quantitative estimate of drug-likeness (QED) is 0.749. The molecule has 0 aromatic carbocycles. The number of methoxy groups -OCH3 is 1. The van der Waals surface area contributed by atoms with Crippen molar-refractivity contribution in [2.75, 3.05) is 13.7 Å². The molecule has 1 heterocycles. The molecule has 1 unspecified atom stereocenters. The molecule has 1 aromatic rings. The minimum absolute atomic E-state index is 0.124. The first kappa shape index (κ1) is 12.3. The van der Waals surface area contributed by atoms with Gasteiger partial charge in [-0.2, -0.15) is 0 Å². The van der Waals surface area contributed by atoms with Gasteiger partial charge in [0.2, 0.25) is 0 Å². The van der Waals surface area contributed by atoms with Crippen molar-refractivity contribution >= 4 is 11.6 Å². The number of alkyl halides is 1. The van der Waals surface area contributed by atoms with E-state index in [4.69, 9.17) is 16.3 Å². The SMILES string of the molecule is COCCC(Cl)c1c(F)cnc(C)c1F. The number of halogens is 3. The number of hydrogen-bond acceptors (Lipinski definition) is 2. The van der Waals surface area contributed by atoms with Crippen LogP contribution in [0.25, 0.3) is 0 Å². The van der Waals surface area contributed by atoms with Crippen LogP contribution in [0.1, 0.15) is 23.1 Å². The van der Waals surface area contributed by atoms with E-state index in [0.717, 1.165) is 6.20 Å². The first-order valence-corrected chi connectivity index (χ1v) is 4.95. The van der Waals surface area contributed by atoms with E-state index >= 15 is 0 Å². The third-order valence-electron chi connectivity index (χ3n) is 2.07. The van der Waals surface area contributed by atoms with Crippen molar-refractivity contribution in [1.29, 1.82) is 0 Å². The van der Waals surface area contributed by atoms with E-state index in [-0.39, 0.29) is 11.3 Å². The third kappa shape index (κ3) is 2.86. The Hall–Kier alpha value is -0.740. The Morgan fingerprint density at radius 1 is 1.53 bits per heavy atom. The second-order valence-electron chi connectivity index (χ2n) is 3.17. The van der Waals surface area contributed by atoms with Crippen LogP contribution in [0.15, 0.2) is 6.20 Å². The summed E-state index contributed by atoms with van der Waals surface area (Å²) in [7, 11) is 1.51. The Bertz CT molecular complexity index is 346. The van der Waals surface area contributed by atoms with E-state index in [1.54, 1.807) is 0 Å². The van der Waals surface area contributed by atoms with Gasteiger partial charge in [-0.3, -0.25) is 4.98 Å². The summed E-state index contributed by atoms with van der Waals surface area (Å²) in [6.07, 6.45) is 1.34. The molecule has 0 fully saturated rings. The summed E-state index contributed by atoms with van der Waals surface area (Å²) in [5.41, 5.74) is 0.0238. The molecule has 0 aliphatic rings. The molecule has 84 valence electrons. The van der Waals surface area contributed by atoms with Crippen molar-refractivity contribution in [1.82, 2.24) is 4.98 Å². The first-order chi connectivity index (χ1) is 7.07. The van der Waals surface area contributed by atoms with E-state index in [1.807, 2.05) is 0 Å². The standard InChI is InChI=1S/C10H12ClF2NO/c1-6-10(13)9(8(12)5-14-6)7(11)3-4-15-2/h5,7H,3-4H2,1-2H3. The molecule has 15 heavy (non-hydrogen) atoms. The van der Waals surface area contributed by atoms with Crippen LogP contribution in [0.4, 0.5) is 8.78 Å². The summed E-state index contributed by atoms with van der Waals surface area (Å²) < 4.78 is 31.6. The van der Waals surface area contributed by atoms with Crippen LogP contribution in [0, 0.1) is 18.6 Å². The largest absolute Gasteiger partial charge is 0.385 e. The Labute approximate surface area is 92.2 Å². The Morgan fingerprint density at radius 3 is 2.80 bits per heavy atom. The van der Waals surface area contributed by atoms with Crippen LogP contribution in [0.3, 0.4) is 0 Å². The van der Waals surface area contributed by atoms with Gasteiger partial charge in [0.05, 0.1) is 17.3 Å². The van der Waals surface area contributed by atoms with Gasteiger partial charge in [0.1, 0.15) is 5.82 Å². The minimum atomic E-state index is -0.730. The Morgan fingerprint density at radius 2 is 2.20 bits per heavy atom. The lowest BCUT2D eigenvalue weighted by Crippen LogP contribution is -2.05. The van der Waals surface area contributed by atoms with E-state index in [0.29, 0.717) is 13.0 Å². The smallest absolute Gasteiger partial charge is 0.152 e. The lowest BCUT2D eigenvalue weighted by atomic mass is 10.1. The van der Waals surface area contributed by atoms with Crippen LogP contribution in [-0.4, -0.2) is 18.7 Å². The zero-order chi connectivity index (χ0) is 11.4. The number of aryl methyl sites for hydroxylation is 1. The maximum atomic E-state index is 13.5. The minimum Gasteiger partial charge on any atom is -0.385 e. The molecule has 0 saturated heterocycles. The topological polar surface area (TPSA) is 22.1 Å². The molecule has 5 heteroatoms. The van der Waals surface area contributed by atoms with Gasteiger partial charge in [-0.25, -0.2) is 8.78 Å². The van der Waals surface area contributed by atoms with Crippen LogP contribution >= 0.6 is 11.6 Å². The predicted molar refractivity (Wildman–Crippen MR) is 54.0 cm³/mol. The highest BCUT2D eigenvalue weighted by atomic mass is 35.5. The van der Waals surface area contributed by atoms with Crippen molar-refractivity contribution in [3.8, 4) is 0 Å². The van der Waals surface area contributed by atoms with E-state index in [1.165, 1.54) is 14.0 Å². The molecule has 0 aliphatic carbocycles. The van der Waals surface area contributed by atoms with Crippen molar-refractivity contribution in [2.45, 2.75) is 18.7 Å². The van der Waals surface area contributed by atoms with Crippen molar-refractivity contribution < 1.29 is 13.5 Å².